The van der Waals surface area contributed by atoms with E-state index in [1.807, 2.05) is 13.0 Å². The second kappa shape index (κ2) is 4.99. The van der Waals surface area contributed by atoms with Crippen LogP contribution in [0.25, 0.3) is 0 Å². The lowest BCUT2D eigenvalue weighted by molar-refractivity contribution is 0.0994. The first-order valence-electron chi connectivity index (χ1n) is 5.80. The van der Waals surface area contributed by atoms with Crippen molar-refractivity contribution in [2.45, 2.75) is 32.1 Å². The number of nitrogens with zero attached hydrogens (tertiary/aromatic N) is 2. The Morgan fingerprint density at radius 1 is 1.59 bits per heavy atom. The number of hydrogen-bond acceptors (Lipinski definition) is 3. The summed E-state index contributed by atoms with van der Waals surface area (Å²) in [5, 5.41) is 2.49. The molecular formula is C13H14N2O2. The van der Waals surface area contributed by atoms with E-state index in [4.69, 9.17) is 0 Å². The normalized spacial score (nSPS) is 18.3. The van der Waals surface area contributed by atoms with Gasteiger partial charge in [0.2, 0.25) is 0 Å². The number of rotatable bonds is 3. The van der Waals surface area contributed by atoms with Gasteiger partial charge in [0.15, 0.2) is 0 Å². The molecule has 1 atom stereocenters. The SMILES string of the molecule is CCc1ccnc(C(=O)N=O)c1C1C=CCC1. The number of allylic oxidation sites excluding steroid dienone is 2. The summed E-state index contributed by atoms with van der Waals surface area (Å²) in [6, 6.07) is 1.91. The molecule has 1 aromatic rings. The molecule has 1 aliphatic carbocycles. The van der Waals surface area contributed by atoms with Crippen LogP contribution in [-0.4, -0.2) is 10.9 Å². The lowest BCUT2D eigenvalue weighted by Gasteiger charge is -2.15. The summed E-state index contributed by atoms with van der Waals surface area (Å²) in [6.07, 6.45) is 8.54. The zero-order chi connectivity index (χ0) is 12.3. The Hall–Kier alpha value is -1.84. The van der Waals surface area contributed by atoms with Gasteiger partial charge in [-0.05, 0) is 36.5 Å². The number of nitroso groups, excluding NO2 is 1. The smallest absolute Gasteiger partial charge is 0.261 e. The maximum atomic E-state index is 11.5. The van der Waals surface area contributed by atoms with Crippen LogP contribution in [0.15, 0.2) is 29.6 Å². The highest BCUT2D eigenvalue weighted by Crippen LogP contribution is 2.33. The third-order valence-corrected chi connectivity index (χ3v) is 3.13. The first-order chi connectivity index (χ1) is 8.27. The predicted molar refractivity (Wildman–Crippen MR) is 64.9 cm³/mol. The van der Waals surface area contributed by atoms with Crippen molar-refractivity contribution in [1.82, 2.24) is 4.98 Å². The van der Waals surface area contributed by atoms with Crippen molar-refractivity contribution in [2.24, 2.45) is 5.18 Å². The summed E-state index contributed by atoms with van der Waals surface area (Å²) in [5.41, 5.74) is 2.17. The van der Waals surface area contributed by atoms with Gasteiger partial charge in [0.25, 0.3) is 0 Å². The quantitative estimate of drug-likeness (QED) is 0.592. The van der Waals surface area contributed by atoms with Crippen molar-refractivity contribution in [3.05, 3.63) is 46.1 Å². The fourth-order valence-electron chi connectivity index (χ4n) is 2.32. The van der Waals surface area contributed by atoms with E-state index in [2.05, 4.69) is 22.3 Å². The molecule has 1 amide bonds. The average Bonchev–Trinajstić information content (AvgIpc) is 2.90. The molecule has 17 heavy (non-hydrogen) atoms. The standard InChI is InChI=1S/C13H14N2O2/c1-2-9-7-8-14-12(13(16)15-17)11(9)10-5-3-4-6-10/h3,5,7-8,10H,2,4,6H2,1H3. The highest BCUT2D eigenvalue weighted by atomic mass is 16.3. The molecule has 1 unspecified atom stereocenters. The summed E-state index contributed by atoms with van der Waals surface area (Å²) >= 11 is 0. The molecule has 0 saturated carbocycles. The number of aromatic nitrogens is 1. The van der Waals surface area contributed by atoms with Crippen molar-refractivity contribution in [1.29, 1.82) is 0 Å². The molecular weight excluding hydrogens is 216 g/mol. The zero-order valence-electron chi connectivity index (χ0n) is 9.72. The molecule has 1 heterocycles. The van der Waals surface area contributed by atoms with E-state index >= 15 is 0 Å². The van der Waals surface area contributed by atoms with E-state index in [0.717, 1.165) is 30.4 Å². The summed E-state index contributed by atoms with van der Waals surface area (Å²) < 4.78 is 0. The number of aryl methyl sites for hydroxylation is 1. The van der Waals surface area contributed by atoms with E-state index in [9.17, 15) is 9.70 Å². The van der Waals surface area contributed by atoms with Gasteiger partial charge in [0.05, 0.1) is 0 Å². The molecule has 1 aliphatic rings. The van der Waals surface area contributed by atoms with Crippen LogP contribution in [0.1, 0.15) is 47.3 Å². The topological polar surface area (TPSA) is 59.4 Å². The minimum absolute atomic E-state index is 0.194. The zero-order valence-corrected chi connectivity index (χ0v) is 9.72. The van der Waals surface area contributed by atoms with Crippen LogP contribution in [-0.2, 0) is 6.42 Å². The van der Waals surface area contributed by atoms with Crippen molar-refractivity contribution in [3.63, 3.8) is 0 Å². The van der Waals surface area contributed by atoms with E-state index in [1.165, 1.54) is 0 Å². The van der Waals surface area contributed by atoms with Gasteiger partial charge < -0.3 is 0 Å². The van der Waals surface area contributed by atoms with Crippen LogP contribution < -0.4 is 0 Å². The van der Waals surface area contributed by atoms with Gasteiger partial charge in [0.1, 0.15) is 5.69 Å². The van der Waals surface area contributed by atoms with Crippen LogP contribution in [0.3, 0.4) is 0 Å². The van der Waals surface area contributed by atoms with E-state index in [-0.39, 0.29) is 11.6 Å². The fourth-order valence-corrected chi connectivity index (χ4v) is 2.32. The Bertz CT molecular complexity index is 480. The highest BCUT2D eigenvalue weighted by molar-refractivity contribution is 5.94. The van der Waals surface area contributed by atoms with Gasteiger partial charge in [0, 0.05) is 17.3 Å². The Morgan fingerprint density at radius 2 is 2.41 bits per heavy atom. The molecule has 0 saturated heterocycles. The minimum atomic E-state index is -0.768. The Labute approximate surface area is 99.7 Å². The van der Waals surface area contributed by atoms with Gasteiger partial charge in [-0.3, -0.25) is 9.78 Å². The van der Waals surface area contributed by atoms with Gasteiger partial charge in [-0.25, -0.2) is 0 Å². The first-order valence-corrected chi connectivity index (χ1v) is 5.80. The van der Waals surface area contributed by atoms with Crippen LogP contribution in [0, 0.1) is 4.91 Å². The number of pyridine rings is 1. The number of carbonyl (C=O) groups is 1. The largest absolute Gasteiger partial charge is 0.335 e. The molecule has 0 radical (unpaired) electrons. The van der Waals surface area contributed by atoms with Gasteiger partial charge in [-0.1, -0.05) is 19.1 Å². The lowest BCUT2D eigenvalue weighted by atomic mass is 9.91. The van der Waals surface area contributed by atoms with Crippen molar-refractivity contribution >= 4 is 5.91 Å². The second-order valence-electron chi connectivity index (χ2n) is 4.09. The maximum absolute atomic E-state index is 11.5. The van der Waals surface area contributed by atoms with Crippen molar-refractivity contribution in [2.75, 3.05) is 0 Å². The molecule has 0 N–H and O–H groups in total. The van der Waals surface area contributed by atoms with Crippen LogP contribution in [0.2, 0.25) is 0 Å². The fraction of sp³-hybridized carbons (Fsp3) is 0.385. The third-order valence-electron chi connectivity index (χ3n) is 3.13. The monoisotopic (exact) mass is 230 g/mol. The Kier molecular flexibility index (Phi) is 3.42. The van der Waals surface area contributed by atoms with Crippen molar-refractivity contribution in [3.8, 4) is 0 Å². The molecule has 0 aromatic carbocycles. The molecule has 0 aliphatic heterocycles. The molecule has 4 heteroatoms. The summed E-state index contributed by atoms with van der Waals surface area (Å²) in [6.45, 7) is 2.03. The molecule has 0 spiro atoms. The number of amides is 1. The summed E-state index contributed by atoms with van der Waals surface area (Å²) in [7, 11) is 0. The highest BCUT2D eigenvalue weighted by Gasteiger charge is 2.23. The second-order valence-corrected chi connectivity index (χ2v) is 4.09. The van der Waals surface area contributed by atoms with Crippen molar-refractivity contribution < 1.29 is 4.79 Å². The van der Waals surface area contributed by atoms with E-state index in [1.54, 1.807) is 6.20 Å². The molecule has 88 valence electrons. The summed E-state index contributed by atoms with van der Waals surface area (Å²) in [4.78, 5) is 25.9. The Morgan fingerprint density at radius 3 is 3.00 bits per heavy atom. The lowest BCUT2D eigenvalue weighted by Crippen LogP contribution is -2.09. The molecule has 1 aromatic heterocycles. The molecule has 0 bridgehead atoms. The third kappa shape index (κ3) is 2.16. The van der Waals surface area contributed by atoms with Gasteiger partial charge in [-0.15, -0.1) is 4.91 Å². The van der Waals surface area contributed by atoms with Gasteiger partial charge in [-0.2, -0.15) is 0 Å². The van der Waals surface area contributed by atoms with Crippen LogP contribution in [0.5, 0.6) is 0 Å². The minimum Gasteiger partial charge on any atom is -0.261 e. The summed E-state index contributed by atoms with van der Waals surface area (Å²) in [5.74, 6) is -0.574. The molecule has 2 rings (SSSR count). The number of carbonyl (C=O) groups excluding carboxylic acids is 1. The van der Waals surface area contributed by atoms with E-state index in [0.29, 0.717) is 0 Å². The van der Waals surface area contributed by atoms with E-state index < -0.39 is 5.91 Å². The molecule has 4 nitrogen and oxygen atoms in total. The molecule has 0 fully saturated rings. The first kappa shape index (κ1) is 11.6. The predicted octanol–water partition coefficient (Wildman–Crippen LogP) is 2.98. The number of hydrogen-bond donors (Lipinski definition) is 0. The van der Waals surface area contributed by atoms with Crippen LogP contribution >= 0.6 is 0 Å². The van der Waals surface area contributed by atoms with Crippen LogP contribution in [0.4, 0.5) is 0 Å². The van der Waals surface area contributed by atoms with Gasteiger partial charge >= 0.3 is 5.91 Å². The average molecular weight is 230 g/mol. The maximum Gasteiger partial charge on any atom is 0.335 e. The Balaban J connectivity index is 2.54.